The Balaban J connectivity index is 2.51. The van der Waals surface area contributed by atoms with Gasteiger partial charge in [0.1, 0.15) is 0 Å². The van der Waals surface area contributed by atoms with Crippen LogP contribution in [0.1, 0.15) is 19.3 Å². The standard InChI is InChI=1S/C11H13Br/c1-3-9-8-5-6-11(12,7-8)10(9)4-2/h3-4,8H,1-2,5-7H2. The molecule has 0 nitrogen and oxygen atoms in total. The van der Waals surface area contributed by atoms with E-state index in [2.05, 4.69) is 29.1 Å². The van der Waals surface area contributed by atoms with Gasteiger partial charge in [0.25, 0.3) is 0 Å². The lowest BCUT2D eigenvalue weighted by Gasteiger charge is -2.22. The van der Waals surface area contributed by atoms with Gasteiger partial charge in [0.15, 0.2) is 0 Å². The summed E-state index contributed by atoms with van der Waals surface area (Å²) in [5.41, 5.74) is 2.81. The smallest absolute Gasteiger partial charge is 0.0514 e. The second kappa shape index (κ2) is 2.59. The van der Waals surface area contributed by atoms with Gasteiger partial charge in [-0.05, 0) is 36.3 Å². The minimum atomic E-state index is 0.253. The zero-order chi connectivity index (χ0) is 8.77. The Morgan fingerprint density at radius 3 is 2.67 bits per heavy atom. The molecule has 1 fully saturated rings. The quantitative estimate of drug-likeness (QED) is 0.630. The van der Waals surface area contributed by atoms with Gasteiger partial charge in [-0.3, -0.25) is 0 Å². The molecular weight excluding hydrogens is 212 g/mol. The van der Waals surface area contributed by atoms with E-state index in [4.69, 9.17) is 0 Å². The summed E-state index contributed by atoms with van der Waals surface area (Å²) in [4.78, 5) is 0. The van der Waals surface area contributed by atoms with Crippen LogP contribution in [0.25, 0.3) is 0 Å². The van der Waals surface area contributed by atoms with E-state index in [0.29, 0.717) is 0 Å². The molecule has 64 valence electrons. The van der Waals surface area contributed by atoms with E-state index in [1.54, 1.807) is 0 Å². The zero-order valence-corrected chi connectivity index (χ0v) is 8.73. The van der Waals surface area contributed by atoms with Crippen molar-refractivity contribution in [3.63, 3.8) is 0 Å². The molecule has 0 aromatic carbocycles. The Morgan fingerprint density at radius 2 is 2.17 bits per heavy atom. The molecule has 0 heterocycles. The number of rotatable bonds is 2. The van der Waals surface area contributed by atoms with Crippen molar-refractivity contribution >= 4 is 15.9 Å². The van der Waals surface area contributed by atoms with Gasteiger partial charge in [0.05, 0.1) is 4.32 Å². The van der Waals surface area contributed by atoms with Crippen LogP contribution >= 0.6 is 15.9 Å². The van der Waals surface area contributed by atoms with Crippen LogP contribution in [0.15, 0.2) is 36.5 Å². The summed E-state index contributed by atoms with van der Waals surface area (Å²) in [5, 5.41) is 0. The Labute approximate surface area is 82.2 Å². The van der Waals surface area contributed by atoms with E-state index in [1.165, 1.54) is 30.4 Å². The first-order chi connectivity index (χ1) is 5.71. The predicted molar refractivity (Wildman–Crippen MR) is 56.4 cm³/mol. The molecule has 2 aliphatic rings. The molecule has 2 aliphatic carbocycles. The molecule has 0 aliphatic heterocycles. The van der Waals surface area contributed by atoms with Crippen molar-refractivity contribution in [3.8, 4) is 0 Å². The van der Waals surface area contributed by atoms with Gasteiger partial charge < -0.3 is 0 Å². The number of fused-ring (bicyclic) bond motifs is 2. The molecule has 2 atom stereocenters. The first-order valence-corrected chi connectivity index (χ1v) is 5.19. The topological polar surface area (TPSA) is 0 Å². The molecule has 0 N–H and O–H groups in total. The lowest BCUT2D eigenvalue weighted by atomic mass is 9.92. The molecule has 0 spiro atoms. The molecule has 0 aromatic rings. The highest BCUT2D eigenvalue weighted by Gasteiger charge is 2.46. The van der Waals surface area contributed by atoms with Crippen molar-refractivity contribution in [1.82, 2.24) is 0 Å². The van der Waals surface area contributed by atoms with Gasteiger partial charge in [-0.25, -0.2) is 0 Å². The van der Waals surface area contributed by atoms with Crippen molar-refractivity contribution < 1.29 is 0 Å². The third-order valence-corrected chi connectivity index (χ3v) is 4.26. The van der Waals surface area contributed by atoms with Crippen LogP contribution in [0.5, 0.6) is 0 Å². The highest BCUT2D eigenvalue weighted by molar-refractivity contribution is 9.10. The van der Waals surface area contributed by atoms with Crippen LogP contribution < -0.4 is 0 Å². The molecular formula is C11H13Br. The first-order valence-electron chi connectivity index (χ1n) is 4.40. The number of hydrogen-bond donors (Lipinski definition) is 0. The van der Waals surface area contributed by atoms with Crippen LogP contribution in [-0.4, -0.2) is 4.32 Å². The Hall–Kier alpha value is -0.300. The number of halogens is 1. The zero-order valence-electron chi connectivity index (χ0n) is 7.15. The summed E-state index contributed by atoms with van der Waals surface area (Å²) in [6, 6.07) is 0. The third kappa shape index (κ3) is 0.891. The van der Waals surface area contributed by atoms with Gasteiger partial charge in [0, 0.05) is 0 Å². The molecule has 2 unspecified atom stereocenters. The van der Waals surface area contributed by atoms with Crippen molar-refractivity contribution in [2.45, 2.75) is 23.6 Å². The van der Waals surface area contributed by atoms with E-state index < -0.39 is 0 Å². The Morgan fingerprint density at radius 1 is 1.42 bits per heavy atom. The van der Waals surface area contributed by atoms with Crippen molar-refractivity contribution in [3.05, 3.63) is 36.5 Å². The van der Waals surface area contributed by atoms with Crippen LogP contribution in [0.3, 0.4) is 0 Å². The van der Waals surface area contributed by atoms with E-state index in [0.717, 1.165) is 5.92 Å². The van der Waals surface area contributed by atoms with Gasteiger partial charge in [-0.2, -0.15) is 0 Å². The largest absolute Gasteiger partial charge is 0.0988 e. The molecule has 0 aromatic heterocycles. The lowest BCUT2D eigenvalue weighted by molar-refractivity contribution is 0.671. The molecule has 0 saturated heterocycles. The Kier molecular flexibility index (Phi) is 1.80. The normalized spacial score (nSPS) is 38.9. The molecule has 1 saturated carbocycles. The summed E-state index contributed by atoms with van der Waals surface area (Å²) in [5.74, 6) is 0.745. The van der Waals surface area contributed by atoms with E-state index in [9.17, 15) is 0 Å². The third-order valence-electron chi connectivity index (χ3n) is 3.12. The van der Waals surface area contributed by atoms with E-state index in [1.807, 2.05) is 12.2 Å². The Bertz CT molecular complexity index is 275. The summed E-state index contributed by atoms with van der Waals surface area (Å²) in [6.07, 6.45) is 7.81. The fraction of sp³-hybridized carbons (Fsp3) is 0.455. The number of allylic oxidation sites excluding steroid dienone is 4. The maximum Gasteiger partial charge on any atom is 0.0514 e. The van der Waals surface area contributed by atoms with Crippen LogP contribution in [0, 0.1) is 5.92 Å². The van der Waals surface area contributed by atoms with Gasteiger partial charge in [-0.15, -0.1) is 0 Å². The molecule has 2 bridgehead atoms. The average Bonchev–Trinajstić information content (AvgIpc) is 2.55. The summed E-state index contributed by atoms with van der Waals surface area (Å²) < 4.78 is 0.253. The van der Waals surface area contributed by atoms with Crippen molar-refractivity contribution in [2.75, 3.05) is 0 Å². The summed E-state index contributed by atoms with van der Waals surface area (Å²) >= 11 is 3.82. The van der Waals surface area contributed by atoms with Crippen LogP contribution in [-0.2, 0) is 0 Å². The fourth-order valence-electron chi connectivity index (χ4n) is 2.56. The van der Waals surface area contributed by atoms with E-state index in [-0.39, 0.29) is 4.32 Å². The van der Waals surface area contributed by atoms with Crippen molar-refractivity contribution in [2.24, 2.45) is 5.92 Å². The van der Waals surface area contributed by atoms with E-state index >= 15 is 0 Å². The fourth-order valence-corrected chi connectivity index (χ4v) is 3.57. The second-order valence-corrected chi connectivity index (χ2v) is 5.20. The maximum absolute atomic E-state index is 3.87. The summed E-state index contributed by atoms with van der Waals surface area (Å²) in [7, 11) is 0. The second-order valence-electron chi connectivity index (χ2n) is 3.68. The highest BCUT2D eigenvalue weighted by Crippen LogP contribution is 2.56. The molecule has 2 rings (SSSR count). The van der Waals surface area contributed by atoms with Gasteiger partial charge in [0.2, 0.25) is 0 Å². The van der Waals surface area contributed by atoms with Crippen molar-refractivity contribution in [1.29, 1.82) is 0 Å². The number of alkyl halides is 1. The monoisotopic (exact) mass is 224 g/mol. The SMILES string of the molecule is C=CC1=C(C=C)C2(Br)CCC1C2. The average molecular weight is 225 g/mol. The molecule has 0 radical (unpaired) electrons. The highest BCUT2D eigenvalue weighted by atomic mass is 79.9. The van der Waals surface area contributed by atoms with Crippen LogP contribution in [0.2, 0.25) is 0 Å². The molecule has 1 heteroatoms. The first kappa shape index (κ1) is 8.31. The minimum Gasteiger partial charge on any atom is -0.0988 e. The lowest BCUT2D eigenvalue weighted by Crippen LogP contribution is -2.15. The van der Waals surface area contributed by atoms with Gasteiger partial charge in [-0.1, -0.05) is 41.2 Å². The number of hydrogen-bond acceptors (Lipinski definition) is 0. The van der Waals surface area contributed by atoms with Crippen LogP contribution in [0.4, 0.5) is 0 Å². The van der Waals surface area contributed by atoms with Gasteiger partial charge >= 0.3 is 0 Å². The summed E-state index contributed by atoms with van der Waals surface area (Å²) in [6.45, 7) is 7.73. The molecule has 0 amide bonds. The molecule has 12 heavy (non-hydrogen) atoms. The predicted octanol–water partition coefficient (Wildman–Crippen LogP) is 3.60. The maximum atomic E-state index is 3.87. The minimum absolute atomic E-state index is 0.253.